The minimum atomic E-state index is 0.0444. The summed E-state index contributed by atoms with van der Waals surface area (Å²) in [6.45, 7) is 4.68. The highest BCUT2D eigenvalue weighted by Gasteiger charge is 2.17. The molecule has 2 rings (SSSR count). The molecule has 20 heavy (non-hydrogen) atoms. The second-order valence-electron chi connectivity index (χ2n) is 4.67. The fourth-order valence-corrected chi connectivity index (χ4v) is 2.56. The molecule has 0 aliphatic carbocycles. The molecule has 2 aromatic carbocycles. The molecule has 0 aliphatic heterocycles. The average molecular weight is 332 g/mol. The van der Waals surface area contributed by atoms with Crippen molar-refractivity contribution < 1.29 is 4.79 Å². The Hall–Kier alpha value is -1.61. The summed E-state index contributed by atoms with van der Waals surface area (Å²) in [6, 6.07) is 15.7. The Balaban J connectivity index is 2.31. The summed E-state index contributed by atoms with van der Waals surface area (Å²) in [6.07, 6.45) is 0. The Bertz CT molecular complexity index is 592. The zero-order valence-corrected chi connectivity index (χ0v) is 13.4. The van der Waals surface area contributed by atoms with E-state index in [2.05, 4.69) is 15.9 Å². The molecule has 0 unspecified atom stereocenters. The molecule has 0 N–H and O–H groups in total. The molecule has 0 fully saturated rings. The second kappa shape index (κ2) is 6.71. The van der Waals surface area contributed by atoms with Gasteiger partial charge in [0.2, 0.25) is 0 Å². The number of para-hydroxylation sites is 1. The van der Waals surface area contributed by atoms with Crippen molar-refractivity contribution >= 4 is 27.5 Å². The summed E-state index contributed by atoms with van der Waals surface area (Å²) in [5.74, 6) is 0.0444. The van der Waals surface area contributed by atoms with E-state index in [9.17, 15) is 4.79 Å². The number of rotatable bonds is 4. The smallest absolute Gasteiger partial charge is 0.258 e. The first-order chi connectivity index (χ1) is 9.67. The van der Waals surface area contributed by atoms with E-state index in [4.69, 9.17) is 0 Å². The minimum absolute atomic E-state index is 0.0444. The first-order valence-corrected chi connectivity index (χ1v) is 7.82. The van der Waals surface area contributed by atoms with Gasteiger partial charge in [0.25, 0.3) is 5.91 Å². The molecule has 3 heteroatoms. The lowest BCUT2D eigenvalue weighted by Crippen LogP contribution is -2.31. The van der Waals surface area contributed by atoms with Crippen LogP contribution in [0.2, 0.25) is 0 Å². The van der Waals surface area contributed by atoms with E-state index in [1.807, 2.05) is 67.3 Å². The van der Waals surface area contributed by atoms with Crippen molar-refractivity contribution in [3.8, 4) is 0 Å². The topological polar surface area (TPSA) is 20.3 Å². The van der Waals surface area contributed by atoms with Gasteiger partial charge >= 0.3 is 0 Å². The van der Waals surface area contributed by atoms with Crippen LogP contribution in [0.25, 0.3) is 0 Å². The number of aryl methyl sites for hydroxylation is 1. The Labute approximate surface area is 128 Å². The Kier molecular flexibility index (Phi) is 4.96. The summed E-state index contributed by atoms with van der Waals surface area (Å²) >= 11 is 3.41. The standard InChI is InChI=1S/C17H18BrNO/c1-3-19(16-7-5-4-6-13(16)2)17(20)15-10-8-14(12-18)9-11-15/h4-11H,3,12H2,1-2H3. The number of nitrogens with zero attached hydrogens (tertiary/aromatic N) is 1. The number of halogens is 1. The Morgan fingerprint density at radius 2 is 1.75 bits per heavy atom. The van der Waals surface area contributed by atoms with E-state index in [0.29, 0.717) is 6.54 Å². The van der Waals surface area contributed by atoms with Crippen molar-refractivity contribution in [2.75, 3.05) is 11.4 Å². The Morgan fingerprint density at radius 1 is 1.10 bits per heavy atom. The first-order valence-electron chi connectivity index (χ1n) is 6.69. The largest absolute Gasteiger partial charge is 0.308 e. The van der Waals surface area contributed by atoms with Crippen LogP contribution in [0.4, 0.5) is 5.69 Å². The van der Waals surface area contributed by atoms with E-state index < -0.39 is 0 Å². The third-order valence-electron chi connectivity index (χ3n) is 3.32. The summed E-state index contributed by atoms with van der Waals surface area (Å²) in [7, 11) is 0. The fourth-order valence-electron chi connectivity index (χ4n) is 2.18. The highest BCUT2D eigenvalue weighted by Crippen LogP contribution is 2.21. The molecule has 2 aromatic rings. The van der Waals surface area contributed by atoms with Crippen LogP contribution in [-0.4, -0.2) is 12.5 Å². The van der Waals surface area contributed by atoms with Crippen LogP contribution in [0.1, 0.15) is 28.4 Å². The Morgan fingerprint density at radius 3 is 2.30 bits per heavy atom. The number of alkyl halides is 1. The number of benzene rings is 2. The van der Waals surface area contributed by atoms with Gasteiger partial charge in [-0.25, -0.2) is 0 Å². The average Bonchev–Trinajstić information content (AvgIpc) is 2.50. The molecule has 0 saturated heterocycles. The lowest BCUT2D eigenvalue weighted by Gasteiger charge is -2.23. The van der Waals surface area contributed by atoms with Gasteiger partial charge in [-0.1, -0.05) is 46.3 Å². The van der Waals surface area contributed by atoms with Crippen molar-refractivity contribution in [1.82, 2.24) is 0 Å². The van der Waals surface area contributed by atoms with Crippen LogP contribution in [0.3, 0.4) is 0 Å². The molecule has 0 bridgehead atoms. The molecule has 0 atom stereocenters. The summed E-state index contributed by atoms with van der Waals surface area (Å²) in [5.41, 5.74) is 3.98. The highest BCUT2D eigenvalue weighted by atomic mass is 79.9. The monoisotopic (exact) mass is 331 g/mol. The van der Waals surface area contributed by atoms with Gasteiger partial charge in [-0.05, 0) is 43.2 Å². The van der Waals surface area contributed by atoms with Crippen molar-refractivity contribution in [3.63, 3.8) is 0 Å². The minimum Gasteiger partial charge on any atom is -0.308 e. The summed E-state index contributed by atoms with van der Waals surface area (Å²) in [5, 5.41) is 0.802. The van der Waals surface area contributed by atoms with Gasteiger partial charge in [-0.3, -0.25) is 4.79 Å². The number of hydrogen-bond donors (Lipinski definition) is 0. The molecule has 0 saturated carbocycles. The molecular weight excluding hydrogens is 314 g/mol. The van der Waals surface area contributed by atoms with Crippen LogP contribution < -0.4 is 4.90 Å². The lowest BCUT2D eigenvalue weighted by atomic mass is 10.1. The third-order valence-corrected chi connectivity index (χ3v) is 3.97. The van der Waals surface area contributed by atoms with Crippen molar-refractivity contribution in [2.24, 2.45) is 0 Å². The van der Waals surface area contributed by atoms with Gasteiger partial charge in [0.15, 0.2) is 0 Å². The van der Waals surface area contributed by atoms with E-state index in [0.717, 1.165) is 22.1 Å². The predicted octanol–water partition coefficient (Wildman–Crippen LogP) is 4.56. The normalized spacial score (nSPS) is 10.3. The van der Waals surface area contributed by atoms with Crippen molar-refractivity contribution in [2.45, 2.75) is 19.2 Å². The van der Waals surface area contributed by atoms with Crippen LogP contribution in [0.5, 0.6) is 0 Å². The van der Waals surface area contributed by atoms with Crippen LogP contribution in [0, 0.1) is 6.92 Å². The number of carbonyl (C=O) groups is 1. The maximum Gasteiger partial charge on any atom is 0.258 e. The SMILES string of the molecule is CCN(C(=O)c1ccc(CBr)cc1)c1ccccc1C. The molecule has 0 heterocycles. The number of amides is 1. The van der Waals surface area contributed by atoms with E-state index in [-0.39, 0.29) is 5.91 Å². The molecule has 0 aromatic heterocycles. The van der Waals surface area contributed by atoms with E-state index in [1.165, 1.54) is 5.56 Å². The fraction of sp³-hybridized carbons (Fsp3) is 0.235. The molecule has 1 amide bonds. The van der Waals surface area contributed by atoms with Crippen LogP contribution in [0.15, 0.2) is 48.5 Å². The second-order valence-corrected chi connectivity index (χ2v) is 5.23. The number of anilines is 1. The number of hydrogen-bond acceptors (Lipinski definition) is 1. The van der Waals surface area contributed by atoms with E-state index in [1.54, 1.807) is 0 Å². The highest BCUT2D eigenvalue weighted by molar-refractivity contribution is 9.08. The van der Waals surface area contributed by atoms with Crippen LogP contribution >= 0.6 is 15.9 Å². The van der Waals surface area contributed by atoms with Gasteiger partial charge in [-0.15, -0.1) is 0 Å². The molecule has 0 radical (unpaired) electrons. The van der Waals surface area contributed by atoms with Crippen molar-refractivity contribution in [1.29, 1.82) is 0 Å². The molecule has 2 nitrogen and oxygen atoms in total. The maximum atomic E-state index is 12.6. The van der Waals surface area contributed by atoms with Gasteiger partial charge in [0.1, 0.15) is 0 Å². The molecule has 104 valence electrons. The predicted molar refractivity (Wildman–Crippen MR) is 87.6 cm³/mol. The molecule has 0 spiro atoms. The zero-order valence-electron chi connectivity index (χ0n) is 11.8. The maximum absolute atomic E-state index is 12.6. The lowest BCUT2D eigenvalue weighted by molar-refractivity contribution is 0.0988. The molecular formula is C17H18BrNO. The first kappa shape index (κ1) is 14.8. The number of carbonyl (C=O) groups excluding carboxylic acids is 1. The van der Waals surface area contributed by atoms with Gasteiger partial charge < -0.3 is 4.90 Å². The van der Waals surface area contributed by atoms with Crippen LogP contribution in [-0.2, 0) is 5.33 Å². The van der Waals surface area contributed by atoms with Gasteiger partial charge in [0.05, 0.1) is 0 Å². The quantitative estimate of drug-likeness (QED) is 0.752. The summed E-state index contributed by atoms with van der Waals surface area (Å²) < 4.78 is 0. The zero-order chi connectivity index (χ0) is 14.5. The summed E-state index contributed by atoms with van der Waals surface area (Å²) in [4.78, 5) is 14.5. The van der Waals surface area contributed by atoms with Gasteiger partial charge in [0, 0.05) is 23.1 Å². The molecule has 0 aliphatic rings. The van der Waals surface area contributed by atoms with E-state index >= 15 is 0 Å². The van der Waals surface area contributed by atoms with Crippen molar-refractivity contribution in [3.05, 3.63) is 65.2 Å². The third kappa shape index (κ3) is 3.10. The van der Waals surface area contributed by atoms with Gasteiger partial charge in [-0.2, -0.15) is 0 Å².